The van der Waals surface area contributed by atoms with E-state index in [9.17, 15) is 4.79 Å². The molecule has 0 unspecified atom stereocenters. The largest absolute Gasteiger partial charge is 0.456 e. The third-order valence-corrected chi connectivity index (χ3v) is 5.25. The highest BCUT2D eigenvalue weighted by molar-refractivity contribution is 6.32. The van der Waals surface area contributed by atoms with Crippen LogP contribution in [0.15, 0.2) is 48.5 Å². The lowest BCUT2D eigenvalue weighted by atomic mass is 9.70. The Bertz CT molecular complexity index is 718. The number of carbonyl (C=O) groups is 1. The van der Waals surface area contributed by atoms with E-state index >= 15 is 0 Å². The lowest BCUT2D eigenvalue weighted by Crippen LogP contribution is -2.42. The van der Waals surface area contributed by atoms with Crippen LogP contribution in [-0.2, 0) is 0 Å². The number of ketones is 1. The van der Waals surface area contributed by atoms with Gasteiger partial charge in [-0.15, -0.1) is 0 Å². The van der Waals surface area contributed by atoms with E-state index in [4.69, 9.17) is 16.3 Å². The van der Waals surface area contributed by atoms with Crippen molar-refractivity contribution in [1.29, 1.82) is 0 Å². The van der Waals surface area contributed by atoms with Crippen LogP contribution in [0.4, 0.5) is 0 Å². The summed E-state index contributed by atoms with van der Waals surface area (Å²) in [5.41, 5.74) is 0.420. The number of halogens is 1. The number of benzene rings is 2. The summed E-state index contributed by atoms with van der Waals surface area (Å²) in [5.74, 6) is 1.45. The molecule has 132 valence electrons. The van der Waals surface area contributed by atoms with Crippen LogP contribution in [0.3, 0.4) is 0 Å². The average molecular weight is 358 g/mol. The van der Waals surface area contributed by atoms with Gasteiger partial charge in [-0.3, -0.25) is 4.79 Å². The van der Waals surface area contributed by atoms with Crippen molar-refractivity contribution in [2.75, 3.05) is 13.1 Å². The topological polar surface area (TPSA) is 38.3 Å². The van der Waals surface area contributed by atoms with Crippen molar-refractivity contribution < 1.29 is 9.53 Å². The van der Waals surface area contributed by atoms with Gasteiger partial charge in [0.2, 0.25) is 0 Å². The Balaban J connectivity index is 1.88. The van der Waals surface area contributed by atoms with Crippen LogP contribution >= 0.6 is 11.6 Å². The summed E-state index contributed by atoms with van der Waals surface area (Å²) in [5, 5.41) is 3.87. The Kier molecular flexibility index (Phi) is 5.77. The van der Waals surface area contributed by atoms with Crippen molar-refractivity contribution in [3.8, 4) is 11.5 Å². The molecule has 0 radical (unpaired) electrons. The quantitative estimate of drug-likeness (QED) is 0.695. The average Bonchev–Trinajstić information content (AvgIpc) is 2.65. The minimum atomic E-state index is -0.266. The Labute approximate surface area is 154 Å². The number of rotatable bonds is 6. The van der Waals surface area contributed by atoms with E-state index < -0.39 is 0 Å². The normalized spacial score (nSPS) is 16.4. The first-order chi connectivity index (χ1) is 12.1. The van der Waals surface area contributed by atoms with Crippen molar-refractivity contribution in [2.24, 2.45) is 5.41 Å². The Hall–Kier alpha value is -1.84. The van der Waals surface area contributed by atoms with E-state index in [-0.39, 0.29) is 11.2 Å². The first-order valence-electron chi connectivity index (χ1n) is 8.92. The molecule has 1 aliphatic rings. The summed E-state index contributed by atoms with van der Waals surface area (Å²) in [6.45, 7) is 3.93. The molecule has 1 fully saturated rings. The van der Waals surface area contributed by atoms with E-state index in [0.717, 1.165) is 38.8 Å². The number of para-hydroxylation sites is 1. The van der Waals surface area contributed by atoms with Crippen LogP contribution in [0.1, 0.15) is 43.0 Å². The zero-order valence-electron chi connectivity index (χ0n) is 14.6. The predicted molar refractivity (Wildman–Crippen MR) is 102 cm³/mol. The molecule has 25 heavy (non-hydrogen) atoms. The minimum Gasteiger partial charge on any atom is -0.456 e. The second-order valence-electron chi connectivity index (χ2n) is 6.67. The highest BCUT2D eigenvalue weighted by Gasteiger charge is 2.39. The van der Waals surface area contributed by atoms with Crippen LogP contribution in [-0.4, -0.2) is 18.9 Å². The van der Waals surface area contributed by atoms with Gasteiger partial charge in [-0.25, -0.2) is 0 Å². The summed E-state index contributed by atoms with van der Waals surface area (Å²) in [6.07, 6.45) is 3.70. The second kappa shape index (κ2) is 8.03. The third-order valence-electron chi connectivity index (χ3n) is 4.94. The van der Waals surface area contributed by atoms with Gasteiger partial charge in [0.1, 0.15) is 11.5 Å². The SMILES string of the molecule is CCCC1(C(=O)c2ccc(Cl)c(Oc3ccccc3)c2)CCNCC1. The maximum absolute atomic E-state index is 13.3. The van der Waals surface area contributed by atoms with Crippen molar-refractivity contribution >= 4 is 17.4 Å². The van der Waals surface area contributed by atoms with Gasteiger partial charge in [0, 0.05) is 11.0 Å². The fourth-order valence-corrected chi connectivity index (χ4v) is 3.78. The maximum Gasteiger partial charge on any atom is 0.169 e. The highest BCUT2D eigenvalue weighted by Crippen LogP contribution is 2.39. The van der Waals surface area contributed by atoms with Crippen LogP contribution in [0.25, 0.3) is 0 Å². The number of nitrogens with one attached hydrogen (secondary N) is 1. The first kappa shape index (κ1) is 18.0. The third kappa shape index (κ3) is 4.05. The van der Waals surface area contributed by atoms with E-state index in [2.05, 4.69) is 12.2 Å². The van der Waals surface area contributed by atoms with Gasteiger partial charge in [0.25, 0.3) is 0 Å². The minimum absolute atomic E-state index is 0.213. The molecule has 1 N–H and O–H groups in total. The molecule has 2 aromatic rings. The molecule has 0 spiro atoms. The summed E-state index contributed by atoms with van der Waals surface area (Å²) in [7, 11) is 0. The molecule has 3 rings (SSSR count). The molecular formula is C21H24ClNO2. The van der Waals surface area contributed by atoms with Crippen LogP contribution in [0, 0.1) is 5.41 Å². The van der Waals surface area contributed by atoms with E-state index in [1.54, 1.807) is 12.1 Å². The number of piperidine rings is 1. The number of hydrogen-bond donors (Lipinski definition) is 1. The number of Topliss-reactive ketones (excluding diaryl/α,β-unsaturated/α-hetero) is 1. The summed E-state index contributed by atoms with van der Waals surface area (Å²) < 4.78 is 5.88. The van der Waals surface area contributed by atoms with Gasteiger partial charge in [-0.1, -0.05) is 43.1 Å². The summed E-state index contributed by atoms with van der Waals surface area (Å²) >= 11 is 6.29. The summed E-state index contributed by atoms with van der Waals surface area (Å²) in [6, 6.07) is 14.9. The molecule has 0 aliphatic carbocycles. The van der Waals surface area contributed by atoms with Crippen LogP contribution < -0.4 is 10.1 Å². The van der Waals surface area contributed by atoms with Crippen molar-refractivity contribution in [3.63, 3.8) is 0 Å². The lowest BCUT2D eigenvalue weighted by molar-refractivity contribution is 0.0704. The Morgan fingerprint density at radius 1 is 1.16 bits per heavy atom. The van der Waals surface area contributed by atoms with E-state index in [0.29, 0.717) is 22.1 Å². The molecular weight excluding hydrogens is 334 g/mol. The molecule has 0 bridgehead atoms. The molecule has 1 aliphatic heterocycles. The standard InChI is InChI=1S/C21H24ClNO2/c1-2-10-21(11-13-23-14-12-21)20(24)16-8-9-18(22)19(15-16)25-17-6-4-3-5-7-17/h3-9,15,23H,2,10-14H2,1H3. The van der Waals surface area contributed by atoms with Crippen molar-refractivity contribution in [2.45, 2.75) is 32.6 Å². The van der Waals surface area contributed by atoms with Gasteiger partial charge in [-0.2, -0.15) is 0 Å². The molecule has 1 saturated heterocycles. The Morgan fingerprint density at radius 3 is 2.56 bits per heavy atom. The maximum atomic E-state index is 13.3. The molecule has 1 heterocycles. The molecule has 2 aromatic carbocycles. The van der Waals surface area contributed by atoms with Crippen molar-refractivity contribution in [3.05, 3.63) is 59.1 Å². The smallest absolute Gasteiger partial charge is 0.169 e. The highest BCUT2D eigenvalue weighted by atomic mass is 35.5. The van der Waals surface area contributed by atoms with Crippen molar-refractivity contribution in [1.82, 2.24) is 5.32 Å². The van der Waals surface area contributed by atoms with Gasteiger partial charge < -0.3 is 10.1 Å². The predicted octanol–water partition coefficient (Wildman–Crippen LogP) is 5.48. The molecule has 0 amide bonds. The molecule has 0 saturated carbocycles. The van der Waals surface area contributed by atoms with E-state index in [1.165, 1.54) is 0 Å². The van der Waals surface area contributed by atoms with Crippen LogP contribution in [0.2, 0.25) is 5.02 Å². The zero-order valence-corrected chi connectivity index (χ0v) is 15.3. The molecule has 0 aromatic heterocycles. The zero-order chi connectivity index (χ0) is 17.7. The first-order valence-corrected chi connectivity index (χ1v) is 9.30. The number of ether oxygens (including phenoxy) is 1. The van der Waals surface area contributed by atoms with E-state index in [1.807, 2.05) is 36.4 Å². The van der Waals surface area contributed by atoms with Gasteiger partial charge in [-0.05, 0) is 62.7 Å². The molecule has 4 heteroatoms. The molecule has 0 atom stereocenters. The summed E-state index contributed by atoms with van der Waals surface area (Å²) in [4.78, 5) is 13.3. The number of hydrogen-bond acceptors (Lipinski definition) is 3. The Morgan fingerprint density at radius 2 is 1.88 bits per heavy atom. The monoisotopic (exact) mass is 357 g/mol. The van der Waals surface area contributed by atoms with Gasteiger partial charge in [0.05, 0.1) is 5.02 Å². The second-order valence-corrected chi connectivity index (χ2v) is 7.08. The van der Waals surface area contributed by atoms with Gasteiger partial charge >= 0.3 is 0 Å². The lowest BCUT2D eigenvalue weighted by Gasteiger charge is -2.36. The van der Waals surface area contributed by atoms with Crippen LogP contribution in [0.5, 0.6) is 11.5 Å². The van der Waals surface area contributed by atoms with Gasteiger partial charge in [0.15, 0.2) is 5.78 Å². The number of carbonyl (C=O) groups excluding carboxylic acids is 1. The molecule has 3 nitrogen and oxygen atoms in total. The fourth-order valence-electron chi connectivity index (χ4n) is 3.62. The fraction of sp³-hybridized carbons (Fsp3) is 0.381.